The number of rotatable bonds is 4. The van der Waals surface area contributed by atoms with Crippen molar-refractivity contribution in [3.63, 3.8) is 0 Å². The van der Waals surface area contributed by atoms with Gasteiger partial charge in [-0.25, -0.2) is 0 Å². The lowest BCUT2D eigenvalue weighted by Gasteiger charge is -2.16. The summed E-state index contributed by atoms with van der Waals surface area (Å²) in [5.41, 5.74) is 0. The van der Waals surface area contributed by atoms with Crippen molar-refractivity contribution in [3.05, 3.63) is 24.2 Å². The van der Waals surface area contributed by atoms with Crippen LogP contribution in [-0.4, -0.2) is 13.1 Å². The van der Waals surface area contributed by atoms with Crippen molar-refractivity contribution in [2.75, 3.05) is 7.05 Å². The van der Waals surface area contributed by atoms with Gasteiger partial charge in [-0.05, 0) is 49.8 Å². The van der Waals surface area contributed by atoms with Gasteiger partial charge in [-0.3, -0.25) is 0 Å². The van der Waals surface area contributed by atoms with Crippen LogP contribution in [0.15, 0.2) is 22.8 Å². The van der Waals surface area contributed by atoms with Crippen molar-refractivity contribution in [1.29, 1.82) is 0 Å². The lowest BCUT2D eigenvalue weighted by atomic mass is 10.0. The molecule has 15 heavy (non-hydrogen) atoms. The minimum atomic E-state index is 0.631. The van der Waals surface area contributed by atoms with Gasteiger partial charge >= 0.3 is 0 Å². The molecule has 0 spiro atoms. The minimum Gasteiger partial charge on any atom is -0.469 e. The molecule has 3 rings (SSSR count). The smallest absolute Gasteiger partial charge is 0.105 e. The highest BCUT2D eigenvalue weighted by Crippen LogP contribution is 2.59. The summed E-state index contributed by atoms with van der Waals surface area (Å²) < 4.78 is 5.43. The second-order valence-corrected chi connectivity index (χ2v) is 5.01. The van der Waals surface area contributed by atoms with E-state index in [0.29, 0.717) is 6.04 Å². The van der Waals surface area contributed by atoms with Gasteiger partial charge in [-0.2, -0.15) is 0 Å². The van der Waals surface area contributed by atoms with Crippen LogP contribution in [0, 0.1) is 17.8 Å². The molecule has 2 nitrogen and oxygen atoms in total. The fourth-order valence-corrected chi connectivity index (χ4v) is 3.55. The van der Waals surface area contributed by atoms with Crippen molar-refractivity contribution in [2.45, 2.75) is 31.7 Å². The van der Waals surface area contributed by atoms with Gasteiger partial charge < -0.3 is 9.73 Å². The highest BCUT2D eigenvalue weighted by molar-refractivity contribution is 5.10. The second kappa shape index (κ2) is 3.67. The monoisotopic (exact) mass is 205 g/mol. The standard InChI is InChI=1S/C13H19NO/c1-14-12(8-9-4-3-7-15-9)13-10-5-2-6-11(10)13/h3-4,7,10-14H,2,5-6,8H2,1H3. The molecule has 0 bridgehead atoms. The molecule has 0 amide bonds. The number of nitrogens with one attached hydrogen (secondary N) is 1. The van der Waals surface area contributed by atoms with Gasteiger partial charge in [0.15, 0.2) is 0 Å². The van der Waals surface area contributed by atoms with Crippen LogP contribution >= 0.6 is 0 Å². The molecule has 0 aliphatic heterocycles. The van der Waals surface area contributed by atoms with E-state index < -0.39 is 0 Å². The number of hydrogen-bond donors (Lipinski definition) is 1. The molecule has 2 aliphatic rings. The van der Waals surface area contributed by atoms with Gasteiger partial charge in [-0.1, -0.05) is 6.42 Å². The van der Waals surface area contributed by atoms with E-state index in [1.165, 1.54) is 19.3 Å². The van der Waals surface area contributed by atoms with E-state index in [4.69, 9.17) is 4.42 Å². The van der Waals surface area contributed by atoms with Crippen LogP contribution in [0.25, 0.3) is 0 Å². The van der Waals surface area contributed by atoms with Crippen molar-refractivity contribution in [3.8, 4) is 0 Å². The van der Waals surface area contributed by atoms with E-state index >= 15 is 0 Å². The quantitative estimate of drug-likeness (QED) is 0.816. The summed E-state index contributed by atoms with van der Waals surface area (Å²) in [5.74, 6) is 4.10. The Morgan fingerprint density at radius 3 is 2.87 bits per heavy atom. The van der Waals surface area contributed by atoms with E-state index in [9.17, 15) is 0 Å². The van der Waals surface area contributed by atoms with Gasteiger partial charge in [0.2, 0.25) is 0 Å². The van der Waals surface area contributed by atoms with Crippen molar-refractivity contribution in [2.24, 2.45) is 17.8 Å². The predicted molar refractivity (Wildman–Crippen MR) is 59.6 cm³/mol. The van der Waals surface area contributed by atoms with E-state index in [-0.39, 0.29) is 0 Å². The van der Waals surface area contributed by atoms with Gasteiger partial charge in [0.05, 0.1) is 6.26 Å². The van der Waals surface area contributed by atoms with E-state index in [2.05, 4.69) is 18.4 Å². The number of hydrogen-bond acceptors (Lipinski definition) is 2. The van der Waals surface area contributed by atoms with Gasteiger partial charge in [0.1, 0.15) is 5.76 Å². The molecule has 1 aromatic rings. The third kappa shape index (κ3) is 1.61. The molecule has 0 saturated heterocycles. The third-order valence-corrected chi connectivity index (χ3v) is 4.31. The van der Waals surface area contributed by atoms with E-state index in [0.717, 1.165) is 29.9 Å². The molecule has 82 valence electrons. The Labute approximate surface area is 91.0 Å². The van der Waals surface area contributed by atoms with E-state index in [1.807, 2.05) is 6.07 Å². The highest BCUT2D eigenvalue weighted by atomic mass is 16.3. The topological polar surface area (TPSA) is 25.2 Å². The van der Waals surface area contributed by atoms with Crippen molar-refractivity contribution in [1.82, 2.24) is 5.32 Å². The van der Waals surface area contributed by atoms with Gasteiger partial charge in [0, 0.05) is 12.5 Å². The van der Waals surface area contributed by atoms with Crippen molar-refractivity contribution >= 4 is 0 Å². The Morgan fingerprint density at radius 2 is 2.27 bits per heavy atom. The second-order valence-electron chi connectivity index (χ2n) is 5.01. The summed E-state index contributed by atoms with van der Waals surface area (Å²) in [7, 11) is 2.08. The molecular weight excluding hydrogens is 186 g/mol. The molecule has 1 aromatic heterocycles. The average Bonchev–Trinajstić information content (AvgIpc) is 2.73. The fourth-order valence-electron chi connectivity index (χ4n) is 3.55. The predicted octanol–water partition coefficient (Wildman–Crippen LogP) is 2.46. The summed E-state index contributed by atoms with van der Waals surface area (Å²) in [5, 5.41) is 3.47. The summed E-state index contributed by atoms with van der Waals surface area (Å²) >= 11 is 0. The zero-order valence-electron chi connectivity index (χ0n) is 9.28. The lowest BCUT2D eigenvalue weighted by molar-refractivity contribution is 0.393. The maximum atomic E-state index is 5.43. The normalized spacial score (nSPS) is 35.1. The molecule has 0 aromatic carbocycles. The molecule has 2 saturated carbocycles. The minimum absolute atomic E-state index is 0.631. The molecule has 2 fully saturated rings. The maximum Gasteiger partial charge on any atom is 0.105 e. The van der Waals surface area contributed by atoms with Crippen LogP contribution in [0.1, 0.15) is 25.0 Å². The first-order valence-corrected chi connectivity index (χ1v) is 6.10. The Hall–Kier alpha value is -0.760. The zero-order valence-corrected chi connectivity index (χ0v) is 9.28. The first-order valence-electron chi connectivity index (χ1n) is 6.10. The van der Waals surface area contributed by atoms with Crippen LogP contribution < -0.4 is 5.32 Å². The lowest BCUT2D eigenvalue weighted by Crippen LogP contribution is -2.31. The number of likely N-dealkylation sites (N-methyl/N-ethyl adjacent to an activating group) is 1. The first-order chi connectivity index (χ1) is 7.40. The zero-order chi connectivity index (χ0) is 10.3. The molecular formula is C13H19NO. The summed E-state index contributed by atoms with van der Waals surface area (Å²) in [4.78, 5) is 0. The number of furan rings is 1. The molecule has 3 unspecified atom stereocenters. The van der Waals surface area contributed by atoms with Gasteiger partial charge in [0.25, 0.3) is 0 Å². The summed E-state index contributed by atoms with van der Waals surface area (Å²) in [6, 6.07) is 4.70. The molecule has 1 N–H and O–H groups in total. The largest absolute Gasteiger partial charge is 0.469 e. The van der Waals surface area contributed by atoms with Gasteiger partial charge in [-0.15, -0.1) is 0 Å². The van der Waals surface area contributed by atoms with Crippen LogP contribution in [0.2, 0.25) is 0 Å². The fraction of sp³-hybridized carbons (Fsp3) is 0.692. The molecule has 0 radical (unpaired) electrons. The average molecular weight is 205 g/mol. The highest BCUT2D eigenvalue weighted by Gasteiger charge is 2.55. The summed E-state index contributed by atoms with van der Waals surface area (Å²) in [6.07, 6.45) is 7.22. The molecule has 2 heteroatoms. The molecule has 1 heterocycles. The van der Waals surface area contributed by atoms with Crippen LogP contribution in [-0.2, 0) is 6.42 Å². The van der Waals surface area contributed by atoms with Crippen molar-refractivity contribution < 1.29 is 4.42 Å². The van der Waals surface area contributed by atoms with Crippen LogP contribution in [0.4, 0.5) is 0 Å². The molecule has 2 aliphatic carbocycles. The maximum absolute atomic E-state index is 5.43. The Kier molecular flexibility index (Phi) is 2.32. The van der Waals surface area contributed by atoms with Crippen LogP contribution in [0.3, 0.4) is 0 Å². The first kappa shape index (κ1) is 9.46. The Morgan fingerprint density at radius 1 is 1.47 bits per heavy atom. The molecule has 3 atom stereocenters. The van der Waals surface area contributed by atoms with E-state index in [1.54, 1.807) is 6.26 Å². The van der Waals surface area contributed by atoms with Crippen LogP contribution in [0.5, 0.6) is 0 Å². The summed E-state index contributed by atoms with van der Waals surface area (Å²) in [6.45, 7) is 0. The Bertz CT molecular complexity index is 309. The SMILES string of the molecule is CNC(Cc1ccco1)C1C2CCCC21. The Balaban J connectivity index is 1.63. The third-order valence-electron chi connectivity index (χ3n) is 4.31. The number of fused-ring (bicyclic) bond motifs is 1.